The molecule has 0 spiro atoms. The number of aromatic amines is 1. The quantitative estimate of drug-likeness (QED) is 0.853. The highest BCUT2D eigenvalue weighted by molar-refractivity contribution is 6.33. The van der Waals surface area contributed by atoms with E-state index in [2.05, 4.69) is 10.2 Å². The average Bonchev–Trinajstić information content (AvgIpc) is 2.31. The van der Waals surface area contributed by atoms with Gasteiger partial charge in [-0.2, -0.15) is 5.10 Å². The molecule has 0 aromatic carbocycles. The number of nitrogens with zero attached hydrogens (tertiary/aromatic N) is 2. The largest absolute Gasteiger partial charge is 0.396 e. The van der Waals surface area contributed by atoms with Crippen molar-refractivity contribution in [3.63, 3.8) is 0 Å². The lowest BCUT2D eigenvalue weighted by molar-refractivity contribution is 0.262. The van der Waals surface area contributed by atoms with Crippen LogP contribution >= 0.6 is 11.6 Å². The molecule has 1 aromatic heterocycles. The normalized spacial score (nSPS) is 20.6. The predicted octanol–water partition coefficient (Wildman–Crippen LogP) is 1.16. The molecule has 1 unspecified atom stereocenters. The fourth-order valence-corrected chi connectivity index (χ4v) is 2.63. The van der Waals surface area contributed by atoms with Gasteiger partial charge in [-0.05, 0) is 25.7 Å². The highest BCUT2D eigenvalue weighted by atomic mass is 35.5. The van der Waals surface area contributed by atoms with Gasteiger partial charge in [-0.15, -0.1) is 0 Å². The second kappa shape index (κ2) is 5.51. The number of aromatic nitrogens is 2. The first kappa shape index (κ1) is 12.4. The first-order chi connectivity index (χ1) is 8.24. The molecule has 2 N–H and O–H groups in total. The van der Waals surface area contributed by atoms with Crippen LogP contribution in [-0.4, -0.2) is 34.5 Å². The predicted molar refractivity (Wildman–Crippen MR) is 66.6 cm³/mol. The Kier molecular flexibility index (Phi) is 4.02. The van der Waals surface area contributed by atoms with Gasteiger partial charge < -0.3 is 10.0 Å². The number of piperidine rings is 1. The van der Waals surface area contributed by atoms with Gasteiger partial charge in [-0.25, -0.2) is 5.10 Å². The second-order valence-corrected chi connectivity index (χ2v) is 4.66. The van der Waals surface area contributed by atoms with E-state index in [1.807, 2.05) is 4.90 Å². The lowest BCUT2D eigenvalue weighted by atomic mass is 9.99. The van der Waals surface area contributed by atoms with E-state index in [-0.39, 0.29) is 18.2 Å². The summed E-state index contributed by atoms with van der Waals surface area (Å²) in [5.41, 5.74) is 0.224. The Morgan fingerprint density at radius 1 is 1.59 bits per heavy atom. The van der Waals surface area contributed by atoms with Gasteiger partial charge in [0.25, 0.3) is 5.56 Å². The van der Waals surface area contributed by atoms with Crippen molar-refractivity contribution in [1.29, 1.82) is 0 Å². The van der Waals surface area contributed by atoms with Crippen LogP contribution in [0, 0.1) is 0 Å². The lowest BCUT2D eigenvalue weighted by Crippen LogP contribution is -2.43. The molecule has 94 valence electrons. The molecule has 1 atom stereocenters. The van der Waals surface area contributed by atoms with E-state index in [1.165, 1.54) is 6.20 Å². The van der Waals surface area contributed by atoms with Crippen molar-refractivity contribution < 1.29 is 5.11 Å². The molecule has 6 heteroatoms. The summed E-state index contributed by atoms with van der Waals surface area (Å²) in [5.74, 6) is 0. The van der Waals surface area contributed by atoms with Crippen LogP contribution in [0.1, 0.15) is 25.7 Å². The summed E-state index contributed by atoms with van der Waals surface area (Å²) in [7, 11) is 0. The Bertz CT molecular complexity index is 433. The number of halogens is 1. The van der Waals surface area contributed by atoms with E-state index in [0.717, 1.165) is 25.8 Å². The molecule has 1 aromatic rings. The van der Waals surface area contributed by atoms with Crippen molar-refractivity contribution in [1.82, 2.24) is 10.2 Å². The maximum atomic E-state index is 11.8. The number of H-pyrrole nitrogens is 1. The minimum absolute atomic E-state index is 0.127. The molecule has 0 radical (unpaired) electrons. The van der Waals surface area contributed by atoms with Gasteiger partial charge >= 0.3 is 0 Å². The van der Waals surface area contributed by atoms with Crippen molar-refractivity contribution in [2.75, 3.05) is 18.1 Å². The summed E-state index contributed by atoms with van der Waals surface area (Å²) in [6.45, 7) is 0.930. The third kappa shape index (κ3) is 2.61. The third-order valence-corrected chi connectivity index (χ3v) is 3.44. The van der Waals surface area contributed by atoms with Gasteiger partial charge in [0.15, 0.2) is 0 Å². The fraction of sp³-hybridized carbons (Fsp3) is 0.636. The van der Waals surface area contributed by atoms with Gasteiger partial charge in [0.05, 0.1) is 11.2 Å². The van der Waals surface area contributed by atoms with Crippen LogP contribution < -0.4 is 10.5 Å². The van der Waals surface area contributed by atoms with Crippen LogP contribution in [0.25, 0.3) is 0 Å². The molecule has 0 saturated carbocycles. The van der Waals surface area contributed by atoms with Crippen molar-refractivity contribution in [3.05, 3.63) is 21.6 Å². The molecule has 1 fully saturated rings. The number of anilines is 1. The zero-order valence-corrected chi connectivity index (χ0v) is 10.3. The van der Waals surface area contributed by atoms with Crippen LogP contribution in [0.4, 0.5) is 5.69 Å². The van der Waals surface area contributed by atoms with E-state index in [0.29, 0.717) is 17.1 Å². The molecule has 0 bridgehead atoms. The molecule has 2 rings (SSSR count). The van der Waals surface area contributed by atoms with Crippen LogP contribution in [0.15, 0.2) is 11.0 Å². The number of hydrogen-bond donors (Lipinski definition) is 2. The smallest absolute Gasteiger partial charge is 0.289 e. The summed E-state index contributed by atoms with van der Waals surface area (Å²) >= 11 is 6.04. The van der Waals surface area contributed by atoms with Crippen molar-refractivity contribution in [2.24, 2.45) is 0 Å². The number of aliphatic hydroxyl groups excluding tert-OH is 1. The Hall–Kier alpha value is -1.07. The zero-order chi connectivity index (χ0) is 12.3. The molecule has 2 heterocycles. The molecule has 1 saturated heterocycles. The Morgan fingerprint density at radius 2 is 2.41 bits per heavy atom. The van der Waals surface area contributed by atoms with Crippen LogP contribution in [0.2, 0.25) is 5.02 Å². The maximum Gasteiger partial charge on any atom is 0.289 e. The molecule has 0 amide bonds. The Labute approximate surface area is 104 Å². The fourth-order valence-electron chi connectivity index (χ4n) is 2.38. The molecule has 17 heavy (non-hydrogen) atoms. The highest BCUT2D eigenvalue weighted by Crippen LogP contribution is 2.28. The van der Waals surface area contributed by atoms with E-state index in [1.54, 1.807) is 0 Å². The highest BCUT2D eigenvalue weighted by Gasteiger charge is 2.25. The van der Waals surface area contributed by atoms with Crippen LogP contribution in [0.5, 0.6) is 0 Å². The van der Waals surface area contributed by atoms with Gasteiger partial charge in [0, 0.05) is 19.2 Å². The lowest BCUT2D eigenvalue weighted by Gasteiger charge is -2.37. The van der Waals surface area contributed by atoms with Gasteiger partial charge in [0.1, 0.15) is 5.69 Å². The van der Waals surface area contributed by atoms with Crippen LogP contribution in [-0.2, 0) is 0 Å². The number of rotatable bonds is 3. The monoisotopic (exact) mass is 257 g/mol. The third-order valence-electron chi connectivity index (χ3n) is 3.16. The summed E-state index contributed by atoms with van der Waals surface area (Å²) in [5, 5.41) is 15.5. The first-order valence-corrected chi connectivity index (χ1v) is 6.22. The van der Waals surface area contributed by atoms with E-state index in [4.69, 9.17) is 16.7 Å². The summed E-state index contributed by atoms with van der Waals surface area (Å²) in [6.07, 6.45) is 5.27. The first-order valence-electron chi connectivity index (χ1n) is 5.84. The molecule has 1 aliphatic rings. The SMILES string of the molecule is O=c1[nH]ncc(Cl)c1N1CCCCC1CCO. The van der Waals surface area contributed by atoms with Crippen molar-refractivity contribution in [3.8, 4) is 0 Å². The molecular formula is C11H16ClN3O2. The minimum atomic E-state index is -0.262. The summed E-state index contributed by atoms with van der Waals surface area (Å²) in [6, 6.07) is 0.190. The summed E-state index contributed by atoms with van der Waals surface area (Å²) in [4.78, 5) is 13.8. The summed E-state index contributed by atoms with van der Waals surface area (Å²) < 4.78 is 0. The van der Waals surface area contributed by atoms with Gasteiger partial charge in [-0.3, -0.25) is 4.79 Å². The minimum Gasteiger partial charge on any atom is -0.396 e. The molecular weight excluding hydrogens is 242 g/mol. The molecule has 1 aliphatic heterocycles. The number of aliphatic hydroxyl groups is 1. The maximum absolute atomic E-state index is 11.8. The van der Waals surface area contributed by atoms with E-state index in [9.17, 15) is 4.79 Å². The number of hydrogen-bond acceptors (Lipinski definition) is 4. The second-order valence-electron chi connectivity index (χ2n) is 4.25. The van der Waals surface area contributed by atoms with E-state index >= 15 is 0 Å². The Morgan fingerprint density at radius 3 is 3.12 bits per heavy atom. The van der Waals surface area contributed by atoms with Gasteiger partial charge in [0.2, 0.25) is 0 Å². The molecule has 5 nitrogen and oxygen atoms in total. The number of nitrogens with one attached hydrogen (secondary N) is 1. The molecule has 0 aliphatic carbocycles. The van der Waals surface area contributed by atoms with Gasteiger partial charge in [-0.1, -0.05) is 11.6 Å². The average molecular weight is 258 g/mol. The Balaban J connectivity index is 2.32. The zero-order valence-electron chi connectivity index (χ0n) is 9.53. The topological polar surface area (TPSA) is 69.2 Å². The van der Waals surface area contributed by atoms with E-state index < -0.39 is 0 Å². The van der Waals surface area contributed by atoms with Crippen molar-refractivity contribution in [2.45, 2.75) is 31.7 Å². The van der Waals surface area contributed by atoms with Crippen LogP contribution in [0.3, 0.4) is 0 Å². The van der Waals surface area contributed by atoms with Crippen molar-refractivity contribution >= 4 is 17.3 Å². The standard InChI is InChI=1S/C11H16ClN3O2/c12-9-7-13-14-11(17)10(9)15-5-2-1-3-8(15)4-6-16/h7-8,16H,1-6H2,(H,14,17).